The van der Waals surface area contributed by atoms with E-state index in [0.29, 0.717) is 9.13 Å². The Kier molecular flexibility index (Phi) is 4.79. The van der Waals surface area contributed by atoms with Gasteiger partial charge in [-0.3, -0.25) is 23.5 Å². The Balaban J connectivity index is 2.29. The fourth-order valence-electron chi connectivity index (χ4n) is 3.02. The van der Waals surface area contributed by atoms with Crippen molar-refractivity contribution in [2.24, 2.45) is 14.1 Å². The quantitative estimate of drug-likeness (QED) is 0.723. The summed E-state index contributed by atoms with van der Waals surface area (Å²) in [5.41, 5.74) is -7.61. The van der Waals surface area contributed by atoms with Gasteiger partial charge in [-0.1, -0.05) is 23.2 Å². The number of nitrogens with zero attached hydrogens (tertiary/aromatic N) is 2. The van der Waals surface area contributed by atoms with Crippen molar-refractivity contribution < 1.29 is 22.8 Å². The van der Waals surface area contributed by atoms with E-state index in [4.69, 9.17) is 23.2 Å². The second-order valence-corrected chi connectivity index (χ2v) is 7.05. The monoisotopic (exact) mass is 450 g/mol. The molecular weight excluding hydrogens is 440 g/mol. The molecule has 1 aliphatic heterocycles. The molecule has 1 aliphatic rings. The van der Waals surface area contributed by atoms with Gasteiger partial charge in [0.25, 0.3) is 22.9 Å². The van der Waals surface area contributed by atoms with Gasteiger partial charge < -0.3 is 10.6 Å². The molecule has 13 heteroatoms. The third kappa shape index (κ3) is 2.92. The Bertz CT molecular complexity index is 1190. The molecule has 0 saturated carbocycles. The van der Waals surface area contributed by atoms with Gasteiger partial charge in [0, 0.05) is 19.1 Å². The van der Waals surface area contributed by atoms with Crippen LogP contribution in [0.2, 0.25) is 10.0 Å². The smallest absolute Gasteiger partial charge is 0.326 e. The summed E-state index contributed by atoms with van der Waals surface area (Å²) in [6.45, 7) is 0. The fraction of sp³-hybridized carbons (Fsp3) is 0.250. The van der Waals surface area contributed by atoms with Crippen LogP contribution in [0.5, 0.6) is 0 Å². The van der Waals surface area contributed by atoms with Gasteiger partial charge in [0.05, 0.1) is 10.6 Å². The molecule has 0 bridgehead atoms. The van der Waals surface area contributed by atoms with E-state index in [9.17, 15) is 32.3 Å². The molecule has 0 spiro atoms. The maximum atomic E-state index is 14.2. The largest absolute Gasteiger partial charge is 0.425 e. The van der Waals surface area contributed by atoms with Crippen molar-refractivity contribution >= 4 is 40.8 Å². The molecule has 0 unspecified atom stereocenters. The van der Waals surface area contributed by atoms with Crippen LogP contribution in [0.15, 0.2) is 27.8 Å². The predicted molar refractivity (Wildman–Crippen MR) is 97.2 cm³/mol. The first-order valence-corrected chi connectivity index (χ1v) is 8.54. The van der Waals surface area contributed by atoms with E-state index < -0.39 is 51.7 Å². The Morgan fingerprint density at radius 1 is 1.14 bits per heavy atom. The van der Waals surface area contributed by atoms with E-state index in [0.717, 1.165) is 26.2 Å². The number of rotatable bonds is 2. The standard InChI is InChI=1S/C16H11Cl2F3N4O4/c1-24-10-9(12(27)25(2)14(24)29)15(13(28)22-10,16(19,20)21)23-11(26)7-4-3-6(17)5-8(7)18/h3-5H,1-2H3,(H,22,28)(H,23,26)/t15-/m1/s1. The average Bonchev–Trinajstić information content (AvgIpc) is 2.91. The first-order valence-electron chi connectivity index (χ1n) is 7.79. The molecular formula is C16H11Cl2F3N4O4. The van der Waals surface area contributed by atoms with Crippen molar-refractivity contribution in [3.63, 3.8) is 0 Å². The SMILES string of the molecule is Cn1c2c(c(=O)n(C)c1=O)[C@](NC(=O)c1ccc(Cl)cc1Cl)(C(F)(F)F)C(=O)N2. The summed E-state index contributed by atoms with van der Waals surface area (Å²) in [5, 5.41) is 3.34. The summed E-state index contributed by atoms with van der Waals surface area (Å²) < 4.78 is 43.6. The first kappa shape index (κ1) is 20.9. The van der Waals surface area contributed by atoms with Gasteiger partial charge in [0.2, 0.25) is 0 Å². The Hall–Kier alpha value is -2.79. The minimum absolute atomic E-state index is 0.130. The van der Waals surface area contributed by atoms with Gasteiger partial charge >= 0.3 is 11.9 Å². The highest BCUT2D eigenvalue weighted by molar-refractivity contribution is 6.36. The minimum Gasteiger partial charge on any atom is -0.326 e. The van der Waals surface area contributed by atoms with E-state index >= 15 is 0 Å². The van der Waals surface area contributed by atoms with Crippen LogP contribution in [-0.2, 0) is 24.4 Å². The zero-order valence-corrected chi connectivity index (χ0v) is 16.2. The first-order chi connectivity index (χ1) is 13.3. The van der Waals surface area contributed by atoms with Gasteiger partial charge in [-0.2, -0.15) is 13.2 Å². The van der Waals surface area contributed by atoms with Crippen LogP contribution < -0.4 is 21.9 Å². The fourth-order valence-corrected chi connectivity index (χ4v) is 3.51. The third-order valence-electron chi connectivity index (χ3n) is 4.51. The number of benzene rings is 1. The van der Waals surface area contributed by atoms with E-state index in [-0.39, 0.29) is 10.0 Å². The number of fused-ring (bicyclic) bond motifs is 1. The highest BCUT2D eigenvalue weighted by Crippen LogP contribution is 2.45. The highest BCUT2D eigenvalue weighted by atomic mass is 35.5. The number of nitrogens with one attached hydrogen (secondary N) is 2. The number of anilines is 1. The molecule has 154 valence electrons. The molecule has 2 aromatic rings. The lowest BCUT2D eigenvalue weighted by Crippen LogP contribution is -2.62. The number of carbonyl (C=O) groups is 2. The molecule has 3 rings (SSSR count). The number of hydrogen-bond donors (Lipinski definition) is 2. The van der Waals surface area contributed by atoms with E-state index in [1.807, 2.05) is 5.32 Å². The summed E-state index contributed by atoms with van der Waals surface area (Å²) in [6.07, 6.45) is -5.43. The lowest BCUT2D eigenvalue weighted by atomic mass is 9.91. The Morgan fingerprint density at radius 3 is 2.31 bits per heavy atom. The topological polar surface area (TPSA) is 102 Å². The number of halogens is 5. The molecule has 2 amide bonds. The second-order valence-electron chi connectivity index (χ2n) is 6.21. The molecule has 0 saturated heterocycles. The van der Waals surface area contributed by atoms with Crippen molar-refractivity contribution in [1.29, 1.82) is 0 Å². The Morgan fingerprint density at radius 2 is 1.76 bits per heavy atom. The van der Waals surface area contributed by atoms with Crippen LogP contribution in [0.4, 0.5) is 19.0 Å². The second kappa shape index (κ2) is 6.63. The van der Waals surface area contributed by atoms with E-state index in [1.54, 1.807) is 5.32 Å². The molecule has 0 fully saturated rings. The normalized spacial score (nSPS) is 18.4. The van der Waals surface area contributed by atoms with Crippen LogP contribution in [0.3, 0.4) is 0 Å². The number of alkyl halides is 3. The summed E-state index contributed by atoms with van der Waals surface area (Å²) in [5.74, 6) is -3.78. The summed E-state index contributed by atoms with van der Waals surface area (Å²) >= 11 is 11.6. The maximum absolute atomic E-state index is 14.2. The molecule has 1 aromatic carbocycles. The molecule has 2 heterocycles. The minimum atomic E-state index is -5.43. The van der Waals surface area contributed by atoms with Crippen molar-refractivity contribution in [2.45, 2.75) is 11.7 Å². The summed E-state index contributed by atoms with van der Waals surface area (Å²) in [4.78, 5) is 49.6. The van der Waals surface area contributed by atoms with Crippen molar-refractivity contribution in [1.82, 2.24) is 14.5 Å². The number of hydrogen-bond acceptors (Lipinski definition) is 4. The zero-order valence-electron chi connectivity index (χ0n) is 14.6. The van der Waals surface area contributed by atoms with Crippen molar-refractivity contribution in [3.8, 4) is 0 Å². The van der Waals surface area contributed by atoms with Crippen LogP contribution >= 0.6 is 23.2 Å². The zero-order chi connectivity index (χ0) is 21.9. The average molecular weight is 451 g/mol. The summed E-state index contributed by atoms with van der Waals surface area (Å²) in [6, 6.07) is 3.41. The van der Waals surface area contributed by atoms with Crippen LogP contribution in [0.25, 0.3) is 0 Å². The van der Waals surface area contributed by atoms with Gasteiger partial charge in [-0.15, -0.1) is 0 Å². The lowest BCUT2D eigenvalue weighted by Gasteiger charge is -2.30. The molecule has 0 aliphatic carbocycles. The van der Waals surface area contributed by atoms with Crippen molar-refractivity contribution in [3.05, 3.63) is 60.2 Å². The van der Waals surface area contributed by atoms with Crippen LogP contribution in [0.1, 0.15) is 15.9 Å². The molecule has 2 N–H and O–H groups in total. The van der Waals surface area contributed by atoms with Crippen LogP contribution in [0, 0.1) is 0 Å². The van der Waals surface area contributed by atoms with Gasteiger partial charge in [-0.05, 0) is 18.2 Å². The molecule has 1 aromatic heterocycles. The maximum Gasteiger partial charge on any atom is 0.425 e. The predicted octanol–water partition coefficient (Wildman–Crippen LogP) is 1.53. The molecule has 29 heavy (non-hydrogen) atoms. The third-order valence-corrected chi connectivity index (χ3v) is 5.06. The van der Waals surface area contributed by atoms with Gasteiger partial charge in [0.1, 0.15) is 11.4 Å². The Labute approximate surface area is 169 Å². The lowest BCUT2D eigenvalue weighted by molar-refractivity contribution is -0.196. The summed E-state index contributed by atoms with van der Waals surface area (Å²) in [7, 11) is 2.03. The molecule has 1 atom stereocenters. The number of aromatic nitrogens is 2. The molecule has 0 radical (unpaired) electrons. The number of carbonyl (C=O) groups excluding carboxylic acids is 2. The van der Waals surface area contributed by atoms with Crippen LogP contribution in [-0.4, -0.2) is 27.1 Å². The van der Waals surface area contributed by atoms with E-state index in [1.165, 1.54) is 6.07 Å². The molecule has 8 nitrogen and oxygen atoms in total. The van der Waals surface area contributed by atoms with E-state index in [2.05, 4.69) is 0 Å². The highest BCUT2D eigenvalue weighted by Gasteiger charge is 2.68. The van der Waals surface area contributed by atoms with Gasteiger partial charge in [-0.25, -0.2) is 4.79 Å². The van der Waals surface area contributed by atoms with Gasteiger partial charge in [0.15, 0.2) is 0 Å². The van der Waals surface area contributed by atoms with Crippen molar-refractivity contribution in [2.75, 3.05) is 5.32 Å². The number of amides is 2.